The molecule has 5 heteroatoms. The molecule has 0 aliphatic carbocycles. The number of esters is 1. The molecule has 1 amide bonds. The maximum atomic E-state index is 11.5. The third-order valence-corrected chi connectivity index (χ3v) is 2.10. The van der Waals surface area contributed by atoms with Gasteiger partial charge in [0.25, 0.3) is 0 Å². The molecule has 0 aliphatic rings. The Balaban J connectivity index is 2.53. The highest BCUT2D eigenvalue weighted by molar-refractivity contribution is 6.03. The summed E-state index contributed by atoms with van der Waals surface area (Å²) in [6.45, 7) is 1.29. The zero-order valence-corrected chi connectivity index (χ0v) is 9.38. The van der Waals surface area contributed by atoms with E-state index >= 15 is 0 Å². The zero-order chi connectivity index (χ0) is 12.7. The van der Waals surface area contributed by atoms with Gasteiger partial charge < -0.3 is 10.1 Å². The molecule has 0 saturated heterocycles. The monoisotopic (exact) mass is 235 g/mol. The molecule has 90 valence electrons. The van der Waals surface area contributed by atoms with Gasteiger partial charge in [-0.3, -0.25) is 9.59 Å². The van der Waals surface area contributed by atoms with Gasteiger partial charge in [-0.05, 0) is 12.5 Å². The highest BCUT2D eigenvalue weighted by atomic mass is 16.5. The van der Waals surface area contributed by atoms with E-state index in [0.29, 0.717) is 6.41 Å². The summed E-state index contributed by atoms with van der Waals surface area (Å²) in [5, 5.41) is 2.11. The molecule has 0 fully saturated rings. The minimum absolute atomic E-state index is 0.0734. The van der Waals surface area contributed by atoms with Gasteiger partial charge in [0.2, 0.25) is 6.41 Å². The smallest absolute Gasteiger partial charge is 0.336 e. The van der Waals surface area contributed by atoms with E-state index in [4.69, 9.17) is 4.74 Å². The van der Waals surface area contributed by atoms with Crippen molar-refractivity contribution in [1.29, 1.82) is 0 Å². The van der Waals surface area contributed by atoms with E-state index in [0.717, 1.165) is 5.56 Å². The molecule has 1 aromatic rings. The number of ketones is 1. The van der Waals surface area contributed by atoms with E-state index in [1.807, 2.05) is 18.2 Å². The van der Waals surface area contributed by atoms with Crippen molar-refractivity contribution in [3.63, 3.8) is 0 Å². The summed E-state index contributed by atoms with van der Waals surface area (Å²) in [6, 6.07) is 7.84. The topological polar surface area (TPSA) is 72.5 Å². The van der Waals surface area contributed by atoms with Gasteiger partial charge in [-0.25, -0.2) is 4.79 Å². The summed E-state index contributed by atoms with van der Waals surface area (Å²) < 4.78 is 4.92. The number of carbonyl (C=O) groups excluding carboxylic acids is 3. The number of nitrogens with one attached hydrogen (secondary N) is 1. The first-order valence-corrected chi connectivity index (χ1v) is 5.06. The normalized spacial score (nSPS) is 11.4. The molecule has 0 saturated carbocycles. The summed E-state index contributed by atoms with van der Waals surface area (Å²) in [4.78, 5) is 32.8. The van der Waals surface area contributed by atoms with Gasteiger partial charge in [0.15, 0.2) is 11.8 Å². The van der Waals surface area contributed by atoms with Gasteiger partial charge in [0.1, 0.15) is 6.61 Å². The number of rotatable bonds is 6. The number of benzene rings is 1. The van der Waals surface area contributed by atoms with Crippen molar-refractivity contribution in [1.82, 2.24) is 5.32 Å². The minimum atomic E-state index is -1.23. The van der Waals surface area contributed by atoms with E-state index in [-0.39, 0.29) is 6.61 Å². The Morgan fingerprint density at radius 1 is 1.35 bits per heavy atom. The summed E-state index contributed by atoms with van der Waals surface area (Å²) in [5.74, 6) is -1.22. The van der Waals surface area contributed by atoms with Crippen LogP contribution in [0, 0.1) is 0 Å². The van der Waals surface area contributed by atoms with Gasteiger partial charge in [-0.2, -0.15) is 0 Å². The standard InChI is InChI=1S/C12H13NO4/c1-9(15)11(13-8-14)12(16)17-7-10-5-3-2-4-6-10/h2-6,8,11H,7H2,1H3,(H,13,14). The summed E-state index contributed by atoms with van der Waals surface area (Å²) >= 11 is 0. The van der Waals surface area contributed by atoms with E-state index < -0.39 is 17.8 Å². The van der Waals surface area contributed by atoms with E-state index in [9.17, 15) is 14.4 Å². The Morgan fingerprint density at radius 2 is 2.00 bits per heavy atom. The van der Waals surface area contributed by atoms with E-state index in [1.54, 1.807) is 12.1 Å². The molecular formula is C12H13NO4. The van der Waals surface area contributed by atoms with Crippen LogP contribution in [-0.4, -0.2) is 24.2 Å². The van der Waals surface area contributed by atoms with Crippen LogP contribution in [0.5, 0.6) is 0 Å². The lowest BCUT2D eigenvalue weighted by molar-refractivity contribution is -0.150. The van der Waals surface area contributed by atoms with Crippen molar-refractivity contribution in [3.05, 3.63) is 35.9 Å². The molecule has 0 spiro atoms. The average Bonchev–Trinajstić information content (AvgIpc) is 2.34. The molecular weight excluding hydrogens is 222 g/mol. The van der Waals surface area contributed by atoms with E-state index in [2.05, 4.69) is 5.32 Å². The second-order valence-electron chi connectivity index (χ2n) is 3.42. The summed E-state index contributed by atoms with van der Waals surface area (Å²) in [7, 11) is 0. The average molecular weight is 235 g/mol. The fourth-order valence-electron chi connectivity index (χ4n) is 1.23. The second kappa shape index (κ2) is 6.42. The van der Waals surface area contributed by atoms with Crippen LogP contribution in [-0.2, 0) is 25.7 Å². The van der Waals surface area contributed by atoms with Crippen LogP contribution in [0.2, 0.25) is 0 Å². The number of carbonyl (C=O) groups is 3. The van der Waals surface area contributed by atoms with Crippen LogP contribution in [0.1, 0.15) is 12.5 Å². The van der Waals surface area contributed by atoms with Crippen LogP contribution in [0.15, 0.2) is 30.3 Å². The predicted molar refractivity (Wildman–Crippen MR) is 59.9 cm³/mol. The number of hydrogen-bond acceptors (Lipinski definition) is 4. The lowest BCUT2D eigenvalue weighted by atomic mass is 10.2. The van der Waals surface area contributed by atoms with Gasteiger partial charge in [-0.15, -0.1) is 0 Å². The molecule has 17 heavy (non-hydrogen) atoms. The van der Waals surface area contributed by atoms with Crippen LogP contribution in [0.25, 0.3) is 0 Å². The summed E-state index contributed by atoms with van der Waals surface area (Å²) in [5.41, 5.74) is 0.814. The maximum Gasteiger partial charge on any atom is 0.336 e. The Hall–Kier alpha value is -2.17. The maximum absolute atomic E-state index is 11.5. The van der Waals surface area contributed by atoms with Gasteiger partial charge in [0.05, 0.1) is 0 Å². The van der Waals surface area contributed by atoms with Gasteiger partial charge >= 0.3 is 5.97 Å². The molecule has 1 rings (SSSR count). The molecule has 1 N–H and O–H groups in total. The van der Waals surface area contributed by atoms with Crippen molar-refractivity contribution in [3.8, 4) is 0 Å². The third kappa shape index (κ3) is 4.06. The Morgan fingerprint density at radius 3 is 2.53 bits per heavy atom. The fraction of sp³-hybridized carbons (Fsp3) is 0.250. The zero-order valence-electron chi connectivity index (χ0n) is 9.38. The number of Topliss-reactive ketones (excluding diaryl/α,β-unsaturated/α-hetero) is 1. The molecule has 0 aliphatic heterocycles. The van der Waals surface area contributed by atoms with Crippen molar-refractivity contribution in [2.24, 2.45) is 0 Å². The molecule has 5 nitrogen and oxygen atoms in total. The Kier molecular flexibility index (Phi) is 4.87. The molecule has 1 atom stereocenters. The molecule has 0 heterocycles. The van der Waals surface area contributed by atoms with Crippen LogP contribution < -0.4 is 5.32 Å². The van der Waals surface area contributed by atoms with Crippen LogP contribution in [0.4, 0.5) is 0 Å². The highest BCUT2D eigenvalue weighted by Crippen LogP contribution is 2.02. The van der Waals surface area contributed by atoms with Gasteiger partial charge in [-0.1, -0.05) is 30.3 Å². The van der Waals surface area contributed by atoms with Crippen LogP contribution >= 0.6 is 0 Å². The quantitative estimate of drug-likeness (QED) is 0.441. The fourth-order valence-corrected chi connectivity index (χ4v) is 1.23. The Bertz CT molecular complexity index is 402. The minimum Gasteiger partial charge on any atom is -0.459 e. The number of ether oxygens (including phenoxy) is 1. The first-order valence-electron chi connectivity index (χ1n) is 5.06. The molecule has 0 bridgehead atoms. The lowest BCUT2D eigenvalue weighted by Crippen LogP contribution is -2.42. The van der Waals surface area contributed by atoms with Gasteiger partial charge in [0, 0.05) is 0 Å². The molecule has 1 unspecified atom stereocenters. The van der Waals surface area contributed by atoms with E-state index in [1.165, 1.54) is 6.92 Å². The van der Waals surface area contributed by atoms with Crippen molar-refractivity contribution in [2.45, 2.75) is 19.6 Å². The van der Waals surface area contributed by atoms with Crippen LogP contribution in [0.3, 0.4) is 0 Å². The lowest BCUT2D eigenvalue weighted by Gasteiger charge is -2.11. The highest BCUT2D eigenvalue weighted by Gasteiger charge is 2.23. The predicted octanol–water partition coefficient (Wildman–Crippen LogP) is 0.433. The van der Waals surface area contributed by atoms with Crippen molar-refractivity contribution >= 4 is 18.2 Å². The first kappa shape index (κ1) is 12.9. The Labute approximate surface area is 98.8 Å². The van der Waals surface area contributed by atoms with Crippen molar-refractivity contribution < 1.29 is 19.1 Å². The first-order chi connectivity index (χ1) is 8.15. The molecule has 0 radical (unpaired) electrons. The SMILES string of the molecule is CC(=O)C(NC=O)C(=O)OCc1ccccc1. The number of hydrogen-bond donors (Lipinski definition) is 1. The largest absolute Gasteiger partial charge is 0.459 e. The molecule has 1 aromatic carbocycles. The summed E-state index contributed by atoms with van der Waals surface area (Å²) in [6.07, 6.45) is 0.301. The van der Waals surface area contributed by atoms with Crippen molar-refractivity contribution in [2.75, 3.05) is 0 Å². The molecule has 0 aromatic heterocycles. The number of amides is 1. The second-order valence-corrected chi connectivity index (χ2v) is 3.42. The third-order valence-electron chi connectivity index (χ3n) is 2.10.